The fourth-order valence-electron chi connectivity index (χ4n) is 1.23. The lowest BCUT2D eigenvalue weighted by Crippen LogP contribution is -2.01. The molecule has 2 N–H and O–H groups in total. The standard InChI is InChI=1S/C8H5Cl3N2O3S/c9-8(10,11)7-12-5-2-1-4(17-16-15-14)3-6(5)13-7/h1-3,14H,(H,12,13). The molecule has 2 aromatic rings. The number of rotatable bonds is 3. The minimum Gasteiger partial charge on any atom is -0.338 e. The van der Waals surface area contributed by atoms with E-state index in [-0.39, 0.29) is 5.82 Å². The number of imidazole rings is 1. The van der Waals surface area contributed by atoms with Gasteiger partial charge in [-0.05, 0) is 18.2 Å². The number of nitrogens with zero attached hydrogens (tertiary/aromatic N) is 1. The summed E-state index contributed by atoms with van der Waals surface area (Å²) < 4.78 is 2.70. The summed E-state index contributed by atoms with van der Waals surface area (Å²) in [4.78, 5) is 7.68. The van der Waals surface area contributed by atoms with Crippen LogP contribution in [-0.2, 0) is 13.2 Å². The summed E-state index contributed by atoms with van der Waals surface area (Å²) in [5, 5.41) is 11.5. The Labute approximate surface area is 115 Å². The topological polar surface area (TPSA) is 67.4 Å². The highest BCUT2D eigenvalue weighted by molar-refractivity contribution is 7.94. The van der Waals surface area contributed by atoms with Crippen molar-refractivity contribution in [3.63, 3.8) is 0 Å². The fraction of sp³-hybridized carbons (Fsp3) is 0.125. The first-order valence-corrected chi connectivity index (χ1v) is 6.10. The zero-order chi connectivity index (χ0) is 12.5. The lowest BCUT2D eigenvalue weighted by Gasteiger charge is -2.04. The molecule has 0 saturated carbocycles. The molecule has 0 unspecified atom stereocenters. The number of aromatic nitrogens is 2. The van der Waals surface area contributed by atoms with Crippen molar-refractivity contribution in [2.45, 2.75) is 8.69 Å². The number of hydrogen-bond donors (Lipinski definition) is 2. The molecule has 0 bridgehead atoms. The number of hydrogen-bond acceptors (Lipinski definition) is 5. The number of alkyl halides is 3. The van der Waals surface area contributed by atoms with Gasteiger partial charge < -0.3 is 4.98 Å². The van der Waals surface area contributed by atoms with Crippen LogP contribution in [0.1, 0.15) is 5.82 Å². The molecule has 0 radical (unpaired) electrons. The third-order valence-electron chi connectivity index (χ3n) is 1.88. The van der Waals surface area contributed by atoms with E-state index in [9.17, 15) is 0 Å². The highest BCUT2D eigenvalue weighted by atomic mass is 35.6. The Morgan fingerprint density at radius 2 is 2.12 bits per heavy atom. The summed E-state index contributed by atoms with van der Waals surface area (Å²) in [6.45, 7) is 0. The molecule has 9 heteroatoms. The van der Waals surface area contributed by atoms with Crippen LogP contribution in [-0.4, -0.2) is 15.2 Å². The van der Waals surface area contributed by atoms with Crippen LogP contribution < -0.4 is 0 Å². The first kappa shape index (κ1) is 13.2. The van der Waals surface area contributed by atoms with Gasteiger partial charge in [-0.25, -0.2) is 10.2 Å². The van der Waals surface area contributed by atoms with Gasteiger partial charge in [0.15, 0.2) is 5.82 Å². The largest absolute Gasteiger partial charge is 0.338 e. The van der Waals surface area contributed by atoms with Gasteiger partial charge in [0.1, 0.15) is 0 Å². The van der Waals surface area contributed by atoms with E-state index in [1.165, 1.54) is 0 Å². The number of aromatic amines is 1. The maximum atomic E-state index is 8.04. The van der Waals surface area contributed by atoms with Crippen molar-refractivity contribution in [1.82, 2.24) is 9.97 Å². The summed E-state index contributed by atoms with van der Waals surface area (Å²) >= 11 is 18.0. The second-order valence-electron chi connectivity index (χ2n) is 2.99. The van der Waals surface area contributed by atoms with Gasteiger partial charge in [0.05, 0.1) is 23.1 Å². The summed E-state index contributed by atoms with van der Waals surface area (Å²) in [6.07, 6.45) is 0. The van der Waals surface area contributed by atoms with E-state index >= 15 is 0 Å². The van der Waals surface area contributed by atoms with Crippen LogP contribution in [0.3, 0.4) is 0 Å². The highest BCUT2D eigenvalue weighted by Gasteiger charge is 2.26. The van der Waals surface area contributed by atoms with Crippen LogP contribution >= 0.6 is 46.8 Å². The zero-order valence-corrected chi connectivity index (χ0v) is 11.1. The maximum Gasteiger partial charge on any atom is 0.248 e. The van der Waals surface area contributed by atoms with Gasteiger partial charge in [-0.15, -0.1) is 4.33 Å². The van der Waals surface area contributed by atoms with Gasteiger partial charge in [-0.2, -0.15) is 0 Å². The summed E-state index contributed by atoms with van der Waals surface area (Å²) in [6, 6.07) is 5.15. The summed E-state index contributed by atoms with van der Waals surface area (Å²) in [5.74, 6) is 0.235. The molecule has 2 rings (SSSR count). The average Bonchev–Trinajstić information content (AvgIpc) is 2.68. The van der Waals surface area contributed by atoms with Gasteiger partial charge in [-0.1, -0.05) is 39.8 Å². The van der Waals surface area contributed by atoms with E-state index in [4.69, 9.17) is 40.1 Å². The molecule has 17 heavy (non-hydrogen) atoms. The molecule has 0 spiro atoms. The van der Waals surface area contributed by atoms with Crippen LogP contribution in [0.5, 0.6) is 0 Å². The minimum atomic E-state index is -1.60. The molecule has 0 fully saturated rings. The zero-order valence-electron chi connectivity index (χ0n) is 7.99. The van der Waals surface area contributed by atoms with E-state index in [0.29, 0.717) is 15.9 Å². The molecule has 0 atom stereocenters. The number of benzene rings is 1. The van der Waals surface area contributed by atoms with Gasteiger partial charge in [0.25, 0.3) is 0 Å². The normalized spacial score (nSPS) is 12.2. The van der Waals surface area contributed by atoms with Crippen molar-refractivity contribution < 1.29 is 14.6 Å². The summed E-state index contributed by atoms with van der Waals surface area (Å²) in [7, 11) is 0. The van der Waals surface area contributed by atoms with Gasteiger partial charge in [0.2, 0.25) is 3.79 Å². The van der Waals surface area contributed by atoms with Crippen molar-refractivity contribution in [2.24, 2.45) is 0 Å². The molecule has 1 heterocycles. The predicted molar refractivity (Wildman–Crippen MR) is 66.0 cm³/mol. The molecule has 0 aliphatic heterocycles. The lowest BCUT2D eigenvalue weighted by molar-refractivity contribution is -0.432. The Morgan fingerprint density at radius 1 is 1.35 bits per heavy atom. The van der Waals surface area contributed by atoms with Crippen LogP contribution in [0, 0.1) is 0 Å². The van der Waals surface area contributed by atoms with Crippen molar-refractivity contribution in [3.8, 4) is 0 Å². The number of halogens is 3. The third-order valence-corrected chi connectivity index (χ3v) is 2.99. The van der Waals surface area contributed by atoms with E-state index in [1.54, 1.807) is 18.2 Å². The Kier molecular flexibility index (Phi) is 4.04. The quantitative estimate of drug-likeness (QED) is 0.390. The fourth-order valence-corrected chi connectivity index (χ4v) is 1.90. The SMILES string of the molecule is OOOSc1ccc2nc(C(Cl)(Cl)Cl)[nH]c2c1. The molecule has 1 aromatic heterocycles. The molecule has 92 valence electrons. The smallest absolute Gasteiger partial charge is 0.248 e. The van der Waals surface area contributed by atoms with Crippen molar-refractivity contribution in [1.29, 1.82) is 0 Å². The molecule has 0 aliphatic carbocycles. The Balaban J connectivity index is 2.34. The number of H-pyrrole nitrogens is 1. The highest BCUT2D eigenvalue weighted by Crippen LogP contribution is 2.37. The monoisotopic (exact) mass is 314 g/mol. The first-order chi connectivity index (χ1) is 8.00. The first-order valence-electron chi connectivity index (χ1n) is 4.22. The molecule has 0 aliphatic rings. The molecule has 0 saturated heterocycles. The average molecular weight is 316 g/mol. The van der Waals surface area contributed by atoms with Crippen molar-refractivity contribution >= 4 is 57.9 Å². The van der Waals surface area contributed by atoms with Gasteiger partial charge >= 0.3 is 0 Å². The summed E-state index contributed by atoms with van der Waals surface area (Å²) in [5.41, 5.74) is 1.33. The second-order valence-corrected chi connectivity index (χ2v) is 6.04. The number of fused-ring (bicyclic) bond motifs is 1. The van der Waals surface area contributed by atoms with E-state index in [0.717, 1.165) is 12.0 Å². The molecule has 1 aromatic carbocycles. The Bertz CT molecular complexity index is 528. The molecule has 0 amide bonds. The predicted octanol–water partition coefficient (Wildman–Crippen LogP) is 3.82. The van der Waals surface area contributed by atoms with Crippen molar-refractivity contribution in [2.75, 3.05) is 0 Å². The lowest BCUT2D eigenvalue weighted by atomic mass is 10.3. The van der Waals surface area contributed by atoms with Crippen LogP contribution in [0.15, 0.2) is 23.1 Å². The second kappa shape index (κ2) is 5.19. The Morgan fingerprint density at radius 3 is 2.76 bits per heavy atom. The van der Waals surface area contributed by atoms with Crippen LogP contribution in [0.2, 0.25) is 0 Å². The van der Waals surface area contributed by atoms with E-state index in [2.05, 4.69) is 19.3 Å². The Hall–Kier alpha value is -0.210. The van der Waals surface area contributed by atoms with Gasteiger partial charge in [0, 0.05) is 4.90 Å². The molecular formula is C8H5Cl3N2O3S. The maximum absolute atomic E-state index is 8.04. The van der Waals surface area contributed by atoms with E-state index in [1.807, 2.05) is 0 Å². The molecule has 5 nitrogen and oxygen atoms in total. The number of nitrogens with one attached hydrogen (secondary N) is 1. The van der Waals surface area contributed by atoms with Crippen LogP contribution in [0.4, 0.5) is 0 Å². The van der Waals surface area contributed by atoms with Gasteiger partial charge in [-0.3, -0.25) is 0 Å². The molecular weight excluding hydrogens is 311 g/mol. The van der Waals surface area contributed by atoms with Crippen molar-refractivity contribution in [3.05, 3.63) is 24.0 Å². The third kappa shape index (κ3) is 3.17. The van der Waals surface area contributed by atoms with Crippen LogP contribution in [0.25, 0.3) is 11.0 Å². The van der Waals surface area contributed by atoms with E-state index < -0.39 is 3.79 Å². The minimum absolute atomic E-state index is 0.235.